The third-order valence-electron chi connectivity index (χ3n) is 1.41. The van der Waals surface area contributed by atoms with Crippen LogP contribution in [0, 0.1) is 0 Å². The van der Waals surface area contributed by atoms with Crippen LogP contribution in [0.25, 0.3) is 0 Å². The summed E-state index contributed by atoms with van der Waals surface area (Å²) < 4.78 is 0. The lowest BCUT2D eigenvalue weighted by Crippen LogP contribution is -2.31. The summed E-state index contributed by atoms with van der Waals surface area (Å²) in [6, 6.07) is 0. The summed E-state index contributed by atoms with van der Waals surface area (Å²) in [6.07, 6.45) is 0.926. The van der Waals surface area contributed by atoms with Crippen molar-refractivity contribution in [2.24, 2.45) is 0 Å². The van der Waals surface area contributed by atoms with Crippen LogP contribution >= 0.6 is 0 Å². The topological polar surface area (TPSA) is 60.7 Å². The maximum Gasteiger partial charge on any atom is 0.0981 e. The molecule has 1 aliphatic rings. The molecule has 0 spiro atoms. The number of hydrogen-bond donors (Lipinski definition) is 3. The van der Waals surface area contributed by atoms with Crippen LogP contribution in [-0.2, 0) is 0 Å². The van der Waals surface area contributed by atoms with Gasteiger partial charge in [-0.15, -0.1) is 0 Å². The normalized spacial score (nSPS) is 43.2. The first kappa shape index (κ1) is 6.74. The molecule has 3 N–H and O–H groups in total. The molecule has 1 rings (SSSR count). The number of aliphatic hydroxyl groups is 3. The summed E-state index contributed by atoms with van der Waals surface area (Å²) in [7, 11) is 0. The molecule has 3 heteroatoms. The second kappa shape index (κ2) is 2.47. The van der Waals surface area contributed by atoms with Gasteiger partial charge in [0.1, 0.15) is 0 Å². The lowest BCUT2D eigenvalue weighted by atomic mass is 10.00. The van der Waals surface area contributed by atoms with Gasteiger partial charge in [-0.25, -0.2) is 0 Å². The molecule has 3 nitrogen and oxygen atoms in total. The van der Waals surface area contributed by atoms with Crippen LogP contribution in [0.2, 0.25) is 0 Å². The minimum atomic E-state index is -0.801. The standard InChI is InChI=1S/C6H10O3/c7-4-1-2-5(8)6(9)3-4/h1-2,4-9H,3H2/t4-,5+,6-/m0/s1. The second-order valence-electron chi connectivity index (χ2n) is 2.25. The first-order chi connectivity index (χ1) is 4.20. The van der Waals surface area contributed by atoms with Crippen molar-refractivity contribution < 1.29 is 15.3 Å². The molecule has 52 valence electrons. The molecule has 9 heavy (non-hydrogen) atoms. The van der Waals surface area contributed by atoms with Crippen LogP contribution in [0.5, 0.6) is 0 Å². The van der Waals surface area contributed by atoms with E-state index < -0.39 is 18.3 Å². The minimum Gasteiger partial charge on any atom is -0.390 e. The number of aliphatic hydroxyl groups excluding tert-OH is 3. The molecule has 0 aromatic heterocycles. The van der Waals surface area contributed by atoms with Crippen molar-refractivity contribution in [2.75, 3.05) is 0 Å². The summed E-state index contributed by atoms with van der Waals surface area (Å²) in [5.74, 6) is 0. The Morgan fingerprint density at radius 3 is 2.22 bits per heavy atom. The Morgan fingerprint density at radius 1 is 1.11 bits per heavy atom. The van der Waals surface area contributed by atoms with E-state index in [4.69, 9.17) is 15.3 Å². The van der Waals surface area contributed by atoms with Crippen molar-refractivity contribution in [3.05, 3.63) is 12.2 Å². The Labute approximate surface area is 53.3 Å². The number of hydrogen-bond acceptors (Lipinski definition) is 3. The molecule has 1 aliphatic carbocycles. The molecule has 0 bridgehead atoms. The smallest absolute Gasteiger partial charge is 0.0981 e. The van der Waals surface area contributed by atoms with Crippen LogP contribution in [0.3, 0.4) is 0 Å². The van der Waals surface area contributed by atoms with Gasteiger partial charge in [-0.2, -0.15) is 0 Å². The van der Waals surface area contributed by atoms with Gasteiger partial charge in [-0.05, 0) is 0 Å². The predicted octanol–water partition coefficient (Wildman–Crippen LogP) is -0.971. The average Bonchev–Trinajstić information content (AvgIpc) is 1.80. The largest absolute Gasteiger partial charge is 0.390 e. The van der Waals surface area contributed by atoms with Crippen LogP contribution in [0.15, 0.2) is 12.2 Å². The van der Waals surface area contributed by atoms with Gasteiger partial charge in [0.15, 0.2) is 0 Å². The van der Waals surface area contributed by atoms with Gasteiger partial charge in [-0.3, -0.25) is 0 Å². The van der Waals surface area contributed by atoms with Crippen molar-refractivity contribution >= 4 is 0 Å². The van der Waals surface area contributed by atoms with E-state index >= 15 is 0 Å². The van der Waals surface area contributed by atoms with Gasteiger partial charge in [0.2, 0.25) is 0 Å². The van der Waals surface area contributed by atoms with Crippen LogP contribution in [-0.4, -0.2) is 33.6 Å². The zero-order chi connectivity index (χ0) is 6.85. The van der Waals surface area contributed by atoms with Gasteiger partial charge in [0, 0.05) is 6.42 Å². The predicted molar refractivity (Wildman–Crippen MR) is 31.8 cm³/mol. The summed E-state index contributed by atoms with van der Waals surface area (Å²) in [6.45, 7) is 0. The molecule has 0 unspecified atom stereocenters. The lowest BCUT2D eigenvalue weighted by molar-refractivity contribution is 0.0101. The van der Waals surface area contributed by atoms with Gasteiger partial charge in [0.05, 0.1) is 18.3 Å². The fourth-order valence-electron chi connectivity index (χ4n) is 0.836. The van der Waals surface area contributed by atoms with E-state index in [9.17, 15) is 0 Å². The van der Waals surface area contributed by atoms with Crippen LogP contribution < -0.4 is 0 Å². The van der Waals surface area contributed by atoms with Crippen molar-refractivity contribution in [3.63, 3.8) is 0 Å². The molecular weight excluding hydrogens is 120 g/mol. The molecule has 0 saturated heterocycles. The highest BCUT2D eigenvalue weighted by atomic mass is 16.3. The zero-order valence-electron chi connectivity index (χ0n) is 4.94. The molecule has 0 saturated carbocycles. The molecule has 0 amide bonds. The fourth-order valence-corrected chi connectivity index (χ4v) is 0.836. The van der Waals surface area contributed by atoms with Gasteiger partial charge < -0.3 is 15.3 Å². The zero-order valence-corrected chi connectivity index (χ0v) is 4.94. The summed E-state index contributed by atoms with van der Waals surface area (Å²) in [5.41, 5.74) is 0. The molecule has 0 fully saturated rings. The SMILES string of the molecule is O[C@@H]1C=C[C@H](O)C[C@@H]1O. The third kappa shape index (κ3) is 1.51. The third-order valence-corrected chi connectivity index (χ3v) is 1.41. The highest BCUT2D eigenvalue weighted by Crippen LogP contribution is 2.11. The average molecular weight is 130 g/mol. The molecule has 0 aromatic rings. The van der Waals surface area contributed by atoms with E-state index in [-0.39, 0.29) is 6.42 Å². The maximum absolute atomic E-state index is 8.89. The first-order valence-corrected chi connectivity index (χ1v) is 2.92. The van der Waals surface area contributed by atoms with Crippen molar-refractivity contribution in [1.29, 1.82) is 0 Å². The lowest BCUT2D eigenvalue weighted by Gasteiger charge is -2.20. The quantitative estimate of drug-likeness (QED) is 0.370. The Kier molecular flexibility index (Phi) is 1.85. The van der Waals surface area contributed by atoms with Crippen molar-refractivity contribution in [2.45, 2.75) is 24.7 Å². The summed E-state index contributed by atoms with van der Waals surface area (Å²) in [5, 5.41) is 26.6. The number of rotatable bonds is 0. The molecule has 0 heterocycles. The molecular formula is C6H10O3. The van der Waals surface area contributed by atoms with Crippen molar-refractivity contribution in [1.82, 2.24) is 0 Å². The van der Waals surface area contributed by atoms with Gasteiger partial charge >= 0.3 is 0 Å². The van der Waals surface area contributed by atoms with E-state index in [1.165, 1.54) is 12.2 Å². The molecule has 0 aromatic carbocycles. The summed E-state index contributed by atoms with van der Waals surface area (Å²) in [4.78, 5) is 0. The Bertz CT molecular complexity index is 121. The van der Waals surface area contributed by atoms with E-state index in [0.717, 1.165) is 0 Å². The molecule has 0 radical (unpaired) electrons. The minimum absolute atomic E-state index is 0.234. The fraction of sp³-hybridized carbons (Fsp3) is 0.667. The summed E-state index contributed by atoms with van der Waals surface area (Å²) >= 11 is 0. The highest BCUT2D eigenvalue weighted by molar-refractivity contribution is 5.02. The Hall–Kier alpha value is -0.380. The van der Waals surface area contributed by atoms with Gasteiger partial charge in [-0.1, -0.05) is 12.2 Å². The van der Waals surface area contributed by atoms with Crippen molar-refractivity contribution in [3.8, 4) is 0 Å². The molecule has 0 aliphatic heterocycles. The Morgan fingerprint density at radius 2 is 1.78 bits per heavy atom. The Balaban J connectivity index is 2.54. The van der Waals surface area contributed by atoms with E-state index in [1.54, 1.807) is 0 Å². The van der Waals surface area contributed by atoms with E-state index in [1.807, 2.05) is 0 Å². The molecule has 3 atom stereocenters. The maximum atomic E-state index is 8.89. The van der Waals surface area contributed by atoms with E-state index in [2.05, 4.69) is 0 Å². The van der Waals surface area contributed by atoms with E-state index in [0.29, 0.717) is 0 Å². The monoisotopic (exact) mass is 130 g/mol. The second-order valence-corrected chi connectivity index (χ2v) is 2.25. The van der Waals surface area contributed by atoms with Gasteiger partial charge in [0.25, 0.3) is 0 Å². The first-order valence-electron chi connectivity index (χ1n) is 2.92. The highest BCUT2D eigenvalue weighted by Gasteiger charge is 2.20. The van der Waals surface area contributed by atoms with Crippen LogP contribution in [0.4, 0.5) is 0 Å². The van der Waals surface area contributed by atoms with Crippen LogP contribution in [0.1, 0.15) is 6.42 Å².